The van der Waals surface area contributed by atoms with E-state index in [9.17, 15) is 10.1 Å². The lowest BCUT2D eigenvalue weighted by molar-refractivity contribution is 0.300. The number of nitrogen functional groups attached to an aromatic ring is 1. The molecule has 35 heavy (non-hydrogen) atoms. The minimum atomic E-state index is -0.317. The van der Waals surface area contributed by atoms with Crippen LogP contribution >= 0.6 is 0 Å². The SMILES string of the molecule is C[C@H]1CN(c2nc(N)ncc2C#N)[C@@H]1c1nn2ccc(-c3ncc[nH]3)c2c(=O)n1-c1ccccc1. The number of anilines is 2. The molecular weight excluding hydrogens is 444 g/mol. The summed E-state index contributed by atoms with van der Waals surface area (Å²) in [5, 5.41) is 14.5. The molecule has 1 aliphatic heterocycles. The van der Waals surface area contributed by atoms with Crippen molar-refractivity contribution in [2.45, 2.75) is 13.0 Å². The molecule has 1 aromatic carbocycles. The van der Waals surface area contributed by atoms with E-state index < -0.39 is 0 Å². The van der Waals surface area contributed by atoms with Gasteiger partial charge in [0.1, 0.15) is 23.0 Å². The zero-order valence-corrected chi connectivity index (χ0v) is 18.7. The fourth-order valence-electron chi connectivity index (χ4n) is 4.69. The number of fused-ring (bicyclic) bond motifs is 1. The average molecular weight is 464 g/mol. The highest BCUT2D eigenvalue weighted by molar-refractivity contribution is 5.76. The number of aromatic amines is 1. The number of H-pyrrole nitrogens is 1. The number of rotatable bonds is 4. The van der Waals surface area contributed by atoms with Crippen LogP contribution in [0.1, 0.15) is 24.4 Å². The molecule has 0 unspecified atom stereocenters. The van der Waals surface area contributed by atoms with Gasteiger partial charge in [-0.15, -0.1) is 0 Å². The smallest absolute Gasteiger partial charge is 0.283 e. The summed E-state index contributed by atoms with van der Waals surface area (Å²) < 4.78 is 3.23. The Morgan fingerprint density at radius 1 is 1.20 bits per heavy atom. The number of hydrogen-bond acceptors (Lipinski definition) is 8. The Labute approximate surface area is 199 Å². The molecule has 0 amide bonds. The van der Waals surface area contributed by atoms with Crippen LogP contribution in [-0.2, 0) is 0 Å². The van der Waals surface area contributed by atoms with Gasteiger partial charge in [0.05, 0.1) is 23.5 Å². The summed E-state index contributed by atoms with van der Waals surface area (Å²) in [6.45, 7) is 2.70. The van der Waals surface area contributed by atoms with Gasteiger partial charge in [0.2, 0.25) is 5.95 Å². The molecule has 4 aromatic heterocycles. The first-order valence-electron chi connectivity index (χ1n) is 11.1. The van der Waals surface area contributed by atoms with Gasteiger partial charge in [-0.05, 0) is 18.2 Å². The number of benzene rings is 1. The van der Waals surface area contributed by atoms with Crippen LogP contribution < -0.4 is 16.2 Å². The number of nitrogens with two attached hydrogens (primary N) is 1. The van der Waals surface area contributed by atoms with Gasteiger partial charge in [-0.2, -0.15) is 15.3 Å². The molecule has 11 nitrogen and oxygen atoms in total. The van der Waals surface area contributed by atoms with Gasteiger partial charge in [0.15, 0.2) is 11.6 Å². The van der Waals surface area contributed by atoms with Crippen molar-refractivity contribution < 1.29 is 0 Å². The lowest BCUT2D eigenvalue weighted by atomic mass is 9.89. The number of nitrogens with zero attached hydrogens (tertiary/aromatic N) is 8. The standard InChI is InChI=1S/C24H20N10O/c1-14-13-32(21-15(11-25)12-29-24(26)30-21)18(14)22-31-33-10-7-17(20-27-8-9-28-20)19(33)23(35)34(22)16-5-3-2-4-6-16/h2-10,12,14,18H,13H2,1H3,(H,27,28)(H2,26,29,30)/t14-,18-/m0/s1. The summed E-state index contributed by atoms with van der Waals surface area (Å²) in [7, 11) is 0. The lowest BCUT2D eigenvalue weighted by Gasteiger charge is -2.47. The predicted octanol–water partition coefficient (Wildman–Crippen LogP) is 2.32. The van der Waals surface area contributed by atoms with Gasteiger partial charge in [-0.1, -0.05) is 25.1 Å². The summed E-state index contributed by atoms with van der Waals surface area (Å²) in [4.78, 5) is 31.7. The maximum atomic E-state index is 14.0. The Morgan fingerprint density at radius 3 is 2.74 bits per heavy atom. The number of imidazole rings is 1. The topological polar surface area (TPSA) is 147 Å². The minimum absolute atomic E-state index is 0.0784. The van der Waals surface area contributed by atoms with Crippen molar-refractivity contribution >= 4 is 17.3 Å². The monoisotopic (exact) mass is 464 g/mol. The van der Waals surface area contributed by atoms with E-state index in [1.165, 1.54) is 6.20 Å². The molecule has 5 aromatic rings. The fourth-order valence-corrected chi connectivity index (χ4v) is 4.69. The van der Waals surface area contributed by atoms with Crippen LogP contribution in [-0.4, -0.2) is 40.7 Å². The first kappa shape index (κ1) is 20.6. The summed E-state index contributed by atoms with van der Waals surface area (Å²) in [5.41, 5.74) is 7.70. The van der Waals surface area contributed by atoms with Crippen molar-refractivity contribution in [2.75, 3.05) is 17.2 Å². The molecule has 3 N–H and O–H groups in total. The molecule has 0 aliphatic carbocycles. The van der Waals surface area contributed by atoms with Crippen LogP contribution in [0.25, 0.3) is 22.6 Å². The second kappa shape index (κ2) is 7.81. The highest BCUT2D eigenvalue weighted by Gasteiger charge is 2.42. The fraction of sp³-hybridized carbons (Fsp3) is 0.167. The first-order chi connectivity index (χ1) is 17.1. The van der Waals surface area contributed by atoms with Gasteiger partial charge >= 0.3 is 0 Å². The summed E-state index contributed by atoms with van der Waals surface area (Å²) in [5.74, 6) is 1.77. The third-order valence-electron chi connectivity index (χ3n) is 6.28. The molecule has 0 spiro atoms. The molecule has 1 saturated heterocycles. The Balaban J connectivity index is 1.60. The van der Waals surface area contributed by atoms with Crippen LogP contribution in [0.2, 0.25) is 0 Å². The van der Waals surface area contributed by atoms with Crippen LogP contribution in [0, 0.1) is 17.2 Å². The van der Waals surface area contributed by atoms with Crippen molar-refractivity contribution in [3.05, 3.63) is 82.9 Å². The van der Waals surface area contributed by atoms with Gasteiger partial charge in [0.25, 0.3) is 5.56 Å². The van der Waals surface area contributed by atoms with E-state index in [0.29, 0.717) is 46.3 Å². The number of hydrogen-bond donors (Lipinski definition) is 2. The van der Waals surface area contributed by atoms with E-state index in [4.69, 9.17) is 10.8 Å². The second-order valence-corrected chi connectivity index (χ2v) is 8.45. The summed E-state index contributed by atoms with van der Waals surface area (Å²) >= 11 is 0. The maximum absolute atomic E-state index is 14.0. The maximum Gasteiger partial charge on any atom is 0.283 e. The van der Waals surface area contributed by atoms with E-state index in [1.807, 2.05) is 41.3 Å². The molecule has 1 fully saturated rings. The quantitative estimate of drug-likeness (QED) is 0.412. The van der Waals surface area contributed by atoms with Gasteiger partial charge in [0, 0.05) is 31.1 Å². The van der Waals surface area contributed by atoms with Crippen LogP contribution in [0.15, 0.2) is 66.0 Å². The molecule has 0 bridgehead atoms. The van der Waals surface area contributed by atoms with Crippen molar-refractivity contribution in [1.29, 1.82) is 5.26 Å². The van der Waals surface area contributed by atoms with E-state index in [0.717, 1.165) is 0 Å². The van der Waals surface area contributed by atoms with E-state index in [-0.39, 0.29) is 23.5 Å². The molecule has 11 heteroatoms. The number of aromatic nitrogens is 7. The zero-order valence-electron chi connectivity index (χ0n) is 18.7. The number of nitrogens with one attached hydrogen (secondary N) is 1. The average Bonchev–Trinajstić information content (AvgIpc) is 3.53. The molecule has 0 radical (unpaired) electrons. The Kier molecular flexibility index (Phi) is 4.60. The number of nitriles is 1. The van der Waals surface area contributed by atoms with Crippen molar-refractivity contribution in [2.24, 2.45) is 5.92 Å². The Hall–Kier alpha value is -4.98. The molecule has 0 saturated carbocycles. The molecular formula is C24H20N10O. The summed E-state index contributed by atoms with van der Waals surface area (Å²) in [6.07, 6.45) is 6.53. The van der Waals surface area contributed by atoms with E-state index in [1.54, 1.807) is 27.7 Å². The summed E-state index contributed by atoms with van der Waals surface area (Å²) in [6, 6.07) is 13.0. The molecule has 2 atom stereocenters. The van der Waals surface area contributed by atoms with Gasteiger partial charge in [-0.3, -0.25) is 9.36 Å². The minimum Gasteiger partial charge on any atom is -0.368 e. The molecule has 1 aliphatic rings. The van der Waals surface area contributed by atoms with Crippen LogP contribution in [0.5, 0.6) is 0 Å². The Bertz CT molecular complexity index is 1650. The van der Waals surface area contributed by atoms with Crippen molar-refractivity contribution in [1.82, 2.24) is 34.1 Å². The highest BCUT2D eigenvalue weighted by Crippen LogP contribution is 2.42. The molecule has 5 heterocycles. The molecule has 172 valence electrons. The first-order valence-corrected chi connectivity index (χ1v) is 11.1. The van der Waals surface area contributed by atoms with Gasteiger partial charge in [-0.25, -0.2) is 14.5 Å². The van der Waals surface area contributed by atoms with Crippen LogP contribution in [0.3, 0.4) is 0 Å². The van der Waals surface area contributed by atoms with E-state index >= 15 is 0 Å². The number of para-hydroxylation sites is 1. The predicted molar refractivity (Wildman–Crippen MR) is 129 cm³/mol. The molecule has 6 rings (SSSR count). The largest absolute Gasteiger partial charge is 0.368 e. The van der Waals surface area contributed by atoms with Gasteiger partial charge < -0.3 is 15.6 Å². The Morgan fingerprint density at radius 2 is 2.03 bits per heavy atom. The van der Waals surface area contributed by atoms with Crippen molar-refractivity contribution in [3.8, 4) is 23.1 Å². The normalized spacial score (nSPS) is 17.3. The van der Waals surface area contributed by atoms with E-state index in [2.05, 4.69) is 32.9 Å². The lowest BCUT2D eigenvalue weighted by Crippen LogP contribution is -2.51. The third-order valence-corrected chi connectivity index (χ3v) is 6.28. The van der Waals surface area contributed by atoms with Crippen LogP contribution in [0.4, 0.5) is 11.8 Å². The van der Waals surface area contributed by atoms with Crippen molar-refractivity contribution in [3.63, 3.8) is 0 Å². The highest BCUT2D eigenvalue weighted by atomic mass is 16.1. The third kappa shape index (κ3) is 3.15. The zero-order chi connectivity index (χ0) is 24.1. The second-order valence-electron chi connectivity index (χ2n) is 8.45.